The van der Waals surface area contributed by atoms with Gasteiger partial charge >= 0.3 is 5.97 Å². The summed E-state index contributed by atoms with van der Waals surface area (Å²) in [5, 5.41) is 10.6. The molecule has 0 spiro atoms. The molecule has 0 rings (SSSR count). The van der Waals surface area contributed by atoms with E-state index in [1.807, 2.05) is 13.7 Å². The highest BCUT2D eigenvalue weighted by atomic mass is 16.4. The van der Waals surface area contributed by atoms with Gasteiger partial charge in [-0.15, -0.1) is 0 Å². The lowest BCUT2D eigenvalue weighted by molar-refractivity contribution is -0.135. The number of carbonyl (C=O) groups excluding carboxylic acids is 1. The van der Waals surface area contributed by atoms with Crippen molar-refractivity contribution >= 4 is 12.8 Å². The van der Waals surface area contributed by atoms with Crippen LogP contribution < -0.4 is 5.32 Å². The van der Waals surface area contributed by atoms with Crippen molar-refractivity contribution in [2.45, 2.75) is 6.92 Å². The van der Waals surface area contributed by atoms with E-state index in [9.17, 15) is 4.79 Å². The number of nitrogens with one attached hydrogen (secondary N) is 1. The predicted octanol–water partition coefficient (Wildman–Crippen LogP) is -0.504. The van der Waals surface area contributed by atoms with Gasteiger partial charge in [-0.3, -0.25) is 4.79 Å². The van der Waals surface area contributed by atoms with Crippen molar-refractivity contribution in [1.29, 1.82) is 0 Å². The van der Waals surface area contributed by atoms with E-state index in [0.717, 1.165) is 0 Å². The summed E-state index contributed by atoms with van der Waals surface area (Å²) in [6.07, 6.45) is 0. The fourth-order valence-corrected chi connectivity index (χ4v) is 0.232. The SMILES string of the molecule is C=O.CCNCC(=O)O. The number of carboxylic acids is 1. The molecule has 9 heavy (non-hydrogen) atoms. The topological polar surface area (TPSA) is 66.4 Å². The zero-order chi connectivity index (χ0) is 7.70. The minimum Gasteiger partial charge on any atom is -0.480 e. The Labute approximate surface area is 53.9 Å². The van der Waals surface area contributed by atoms with Crippen LogP contribution in [0, 0.1) is 0 Å². The van der Waals surface area contributed by atoms with Gasteiger partial charge in [0.25, 0.3) is 0 Å². The van der Waals surface area contributed by atoms with Crippen molar-refractivity contribution in [3.05, 3.63) is 0 Å². The molecule has 0 heterocycles. The highest BCUT2D eigenvalue weighted by Crippen LogP contribution is 1.56. The van der Waals surface area contributed by atoms with Gasteiger partial charge in [0.2, 0.25) is 0 Å². The van der Waals surface area contributed by atoms with Crippen LogP contribution in [0.5, 0.6) is 0 Å². The molecule has 54 valence electrons. The molecular weight excluding hydrogens is 122 g/mol. The Hall–Kier alpha value is -0.900. The van der Waals surface area contributed by atoms with E-state index < -0.39 is 5.97 Å². The molecule has 4 heteroatoms. The van der Waals surface area contributed by atoms with E-state index in [0.29, 0.717) is 6.54 Å². The molecule has 0 saturated heterocycles. The molecule has 0 atom stereocenters. The third kappa shape index (κ3) is 19.2. The van der Waals surface area contributed by atoms with Crippen molar-refractivity contribution in [3.8, 4) is 0 Å². The Morgan fingerprint density at radius 1 is 1.67 bits per heavy atom. The summed E-state index contributed by atoms with van der Waals surface area (Å²) in [7, 11) is 0. The lowest BCUT2D eigenvalue weighted by Crippen LogP contribution is -2.21. The third-order valence-electron chi connectivity index (χ3n) is 0.526. The number of hydrogen-bond donors (Lipinski definition) is 2. The van der Waals surface area contributed by atoms with Gasteiger partial charge in [0, 0.05) is 0 Å². The molecule has 0 aromatic carbocycles. The second-order valence-electron chi connectivity index (χ2n) is 1.17. The van der Waals surface area contributed by atoms with E-state index in [1.165, 1.54) is 0 Å². The highest BCUT2D eigenvalue weighted by Gasteiger charge is 1.88. The summed E-state index contributed by atoms with van der Waals surface area (Å²) in [5.41, 5.74) is 0. The zero-order valence-corrected chi connectivity index (χ0v) is 5.39. The molecule has 0 aromatic rings. The van der Waals surface area contributed by atoms with Gasteiger partial charge < -0.3 is 15.2 Å². The molecule has 0 aliphatic rings. The minimum absolute atomic E-state index is 0.0660. The maximum Gasteiger partial charge on any atom is 0.317 e. The van der Waals surface area contributed by atoms with E-state index in [2.05, 4.69) is 5.32 Å². The number of aliphatic carboxylic acids is 1. The van der Waals surface area contributed by atoms with Gasteiger partial charge in [-0.2, -0.15) is 0 Å². The van der Waals surface area contributed by atoms with Gasteiger partial charge in [-0.25, -0.2) is 0 Å². The smallest absolute Gasteiger partial charge is 0.317 e. The molecule has 0 saturated carbocycles. The average molecular weight is 133 g/mol. The standard InChI is InChI=1S/C4H9NO2.CH2O/c1-2-5-3-4(6)7;1-2/h5H,2-3H2,1H3,(H,6,7);1H2. The van der Waals surface area contributed by atoms with E-state index in [4.69, 9.17) is 9.90 Å². The zero-order valence-electron chi connectivity index (χ0n) is 5.39. The summed E-state index contributed by atoms with van der Waals surface area (Å²) < 4.78 is 0. The first-order valence-corrected chi connectivity index (χ1v) is 2.48. The molecule has 0 aliphatic heterocycles. The van der Waals surface area contributed by atoms with Gasteiger partial charge in [0.15, 0.2) is 0 Å². The van der Waals surface area contributed by atoms with Crippen LogP contribution in [0.25, 0.3) is 0 Å². The Balaban J connectivity index is 0. The number of rotatable bonds is 3. The summed E-state index contributed by atoms with van der Waals surface area (Å²) in [6, 6.07) is 0. The van der Waals surface area contributed by atoms with Gasteiger partial charge in [-0.1, -0.05) is 6.92 Å². The molecule has 0 aliphatic carbocycles. The number of hydrogen-bond acceptors (Lipinski definition) is 3. The van der Waals surface area contributed by atoms with Crippen LogP contribution in [0.3, 0.4) is 0 Å². The molecule has 0 radical (unpaired) electrons. The third-order valence-corrected chi connectivity index (χ3v) is 0.526. The largest absolute Gasteiger partial charge is 0.480 e. The van der Waals surface area contributed by atoms with Crippen LogP contribution in [-0.2, 0) is 9.59 Å². The molecule has 0 aromatic heterocycles. The maximum absolute atomic E-state index is 9.70. The predicted molar refractivity (Wildman–Crippen MR) is 33.3 cm³/mol. The Morgan fingerprint density at radius 2 is 2.11 bits per heavy atom. The van der Waals surface area contributed by atoms with Crippen molar-refractivity contribution in [2.75, 3.05) is 13.1 Å². The van der Waals surface area contributed by atoms with Crippen LogP contribution in [0.2, 0.25) is 0 Å². The first-order chi connectivity index (χ1) is 4.27. The van der Waals surface area contributed by atoms with Crippen LogP contribution in [0.1, 0.15) is 6.92 Å². The molecule has 0 unspecified atom stereocenters. The number of carbonyl (C=O) groups is 2. The first-order valence-electron chi connectivity index (χ1n) is 2.48. The van der Waals surface area contributed by atoms with Crippen molar-refractivity contribution in [2.24, 2.45) is 0 Å². The fourth-order valence-electron chi connectivity index (χ4n) is 0.232. The second-order valence-corrected chi connectivity index (χ2v) is 1.17. The Bertz CT molecular complexity index is 74.6. The Morgan fingerprint density at radius 3 is 2.22 bits per heavy atom. The van der Waals surface area contributed by atoms with Crippen molar-refractivity contribution in [3.63, 3.8) is 0 Å². The molecule has 4 nitrogen and oxygen atoms in total. The van der Waals surface area contributed by atoms with Gasteiger partial charge in [0.05, 0.1) is 6.54 Å². The lowest BCUT2D eigenvalue weighted by Gasteiger charge is -1.90. The summed E-state index contributed by atoms with van der Waals surface area (Å²) >= 11 is 0. The van der Waals surface area contributed by atoms with Crippen LogP contribution in [-0.4, -0.2) is 31.0 Å². The monoisotopic (exact) mass is 133 g/mol. The average Bonchev–Trinajstić information content (AvgIpc) is 1.88. The summed E-state index contributed by atoms with van der Waals surface area (Å²) in [6.45, 7) is 4.64. The highest BCUT2D eigenvalue weighted by molar-refractivity contribution is 5.68. The Kier molecular flexibility index (Phi) is 12.4. The van der Waals surface area contributed by atoms with Gasteiger partial charge in [-0.05, 0) is 6.54 Å². The maximum atomic E-state index is 9.70. The van der Waals surface area contributed by atoms with Crippen LogP contribution in [0.4, 0.5) is 0 Å². The minimum atomic E-state index is -0.804. The summed E-state index contributed by atoms with van der Waals surface area (Å²) in [4.78, 5) is 17.7. The van der Waals surface area contributed by atoms with E-state index in [1.54, 1.807) is 0 Å². The summed E-state index contributed by atoms with van der Waals surface area (Å²) in [5.74, 6) is -0.804. The fraction of sp³-hybridized carbons (Fsp3) is 0.600. The van der Waals surface area contributed by atoms with E-state index >= 15 is 0 Å². The van der Waals surface area contributed by atoms with Crippen LogP contribution >= 0.6 is 0 Å². The molecular formula is C5H11NO3. The quantitative estimate of drug-likeness (QED) is 0.544. The normalized spacial score (nSPS) is 7.22. The second kappa shape index (κ2) is 10.2. The van der Waals surface area contributed by atoms with E-state index in [-0.39, 0.29) is 6.54 Å². The molecule has 0 bridgehead atoms. The van der Waals surface area contributed by atoms with Crippen molar-refractivity contribution < 1.29 is 14.7 Å². The first kappa shape index (κ1) is 11.0. The van der Waals surface area contributed by atoms with Crippen LogP contribution in [0.15, 0.2) is 0 Å². The molecule has 0 fully saturated rings. The van der Waals surface area contributed by atoms with Gasteiger partial charge in [0.1, 0.15) is 6.79 Å². The molecule has 0 amide bonds. The number of carboxylic acid groups (broad SMARTS) is 1. The van der Waals surface area contributed by atoms with Crippen molar-refractivity contribution in [1.82, 2.24) is 5.32 Å². The molecule has 2 N–H and O–H groups in total. The lowest BCUT2D eigenvalue weighted by atomic mass is 10.6. The number of likely N-dealkylation sites (N-methyl/N-ethyl adjacent to an activating group) is 1.